The number of likely N-dealkylation sites (tertiary alicyclic amines) is 1. The van der Waals surface area contributed by atoms with E-state index in [9.17, 15) is 14.7 Å². The van der Waals surface area contributed by atoms with Crippen LogP contribution in [0.15, 0.2) is 48.0 Å². The van der Waals surface area contributed by atoms with E-state index in [0.717, 1.165) is 40.1 Å². The van der Waals surface area contributed by atoms with Crippen LogP contribution in [0, 0.1) is 6.92 Å². The third-order valence-electron chi connectivity index (χ3n) is 6.87. The average molecular weight is 475 g/mol. The van der Waals surface area contributed by atoms with Gasteiger partial charge in [0.05, 0.1) is 23.8 Å². The number of rotatable bonds is 5. The second kappa shape index (κ2) is 8.78. The second-order valence-electron chi connectivity index (χ2n) is 9.46. The third kappa shape index (κ3) is 3.83. The largest absolute Gasteiger partial charge is 0.507 e. The SMILES string of the molecule is Cc1[nH]c2ccccc2c1C1/C(=C(\O)c2ccc3c(c2)N(C)CCO3)C(=O)C(=O)N1CCN(C)C. The number of ketones is 1. The van der Waals surface area contributed by atoms with Gasteiger partial charge in [-0.25, -0.2) is 0 Å². The number of nitrogens with one attached hydrogen (secondary N) is 1. The molecule has 0 spiro atoms. The summed E-state index contributed by atoms with van der Waals surface area (Å²) in [5.74, 6) is -0.710. The van der Waals surface area contributed by atoms with Crippen molar-refractivity contribution in [2.75, 3.05) is 52.3 Å². The van der Waals surface area contributed by atoms with Gasteiger partial charge in [-0.05, 0) is 45.3 Å². The molecule has 1 amide bonds. The lowest BCUT2D eigenvalue weighted by atomic mass is 9.93. The van der Waals surface area contributed by atoms with Crippen LogP contribution in [0.2, 0.25) is 0 Å². The third-order valence-corrected chi connectivity index (χ3v) is 6.87. The molecule has 8 nitrogen and oxygen atoms in total. The van der Waals surface area contributed by atoms with Crippen LogP contribution in [-0.4, -0.2) is 79.0 Å². The average Bonchev–Trinajstić information content (AvgIpc) is 3.29. The highest BCUT2D eigenvalue weighted by atomic mass is 16.5. The first-order valence-electron chi connectivity index (χ1n) is 11.8. The Kier molecular flexibility index (Phi) is 5.76. The van der Waals surface area contributed by atoms with Crippen LogP contribution in [0.25, 0.3) is 16.7 Å². The number of para-hydroxylation sites is 1. The Balaban J connectivity index is 1.70. The van der Waals surface area contributed by atoms with Gasteiger partial charge in [0.2, 0.25) is 0 Å². The molecule has 0 aliphatic carbocycles. The minimum absolute atomic E-state index is 0.112. The first-order chi connectivity index (χ1) is 16.8. The molecule has 0 saturated carbocycles. The number of carbonyl (C=O) groups excluding carboxylic acids is 2. The number of ether oxygens (including phenoxy) is 1. The van der Waals surface area contributed by atoms with Gasteiger partial charge in [0.1, 0.15) is 18.1 Å². The predicted molar refractivity (Wildman–Crippen MR) is 136 cm³/mol. The van der Waals surface area contributed by atoms with Gasteiger partial charge in [0.25, 0.3) is 11.7 Å². The minimum Gasteiger partial charge on any atom is -0.507 e. The summed E-state index contributed by atoms with van der Waals surface area (Å²) in [5.41, 5.74) is 4.04. The molecule has 0 bridgehead atoms. The maximum atomic E-state index is 13.4. The molecule has 0 radical (unpaired) electrons. The Morgan fingerprint density at radius 3 is 2.74 bits per heavy atom. The Morgan fingerprint density at radius 1 is 1.20 bits per heavy atom. The van der Waals surface area contributed by atoms with E-state index in [-0.39, 0.29) is 11.3 Å². The van der Waals surface area contributed by atoms with Crippen molar-refractivity contribution in [1.29, 1.82) is 0 Å². The Labute approximate surface area is 204 Å². The summed E-state index contributed by atoms with van der Waals surface area (Å²) in [4.78, 5) is 35.7. The number of aliphatic hydroxyl groups excluding tert-OH is 1. The number of H-pyrrole nitrogens is 1. The number of benzene rings is 2. The summed E-state index contributed by atoms with van der Waals surface area (Å²) in [6.07, 6.45) is 0. The highest BCUT2D eigenvalue weighted by molar-refractivity contribution is 6.46. The molecular weight excluding hydrogens is 444 g/mol. The van der Waals surface area contributed by atoms with Crippen molar-refractivity contribution < 1.29 is 19.4 Å². The highest BCUT2D eigenvalue weighted by Crippen LogP contribution is 2.44. The van der Waals surface area contributed by atoms with Gasteiger partial charge in [0.15, 0.2) is 0 Å². The van der Waals surface area contributed by atoms with Crippen LogP contribution in [0.5, 0.6) is 5.75 Å². The molecule has 1 saturated heterocycles. The van der Waals surface area contributed by atoms with E-state index in [2.05, 4.69) is 4.98 Å². The number of carbonyl (C=O) groups is 2. The van der Waals surface area contributed by atoms with Gasteiger partial charge < -0.3 is 29.5 Å². The lowest BCUT2D eigenvalue weighted by molar-refractivity contribution is -0.140. The smallest absolute Gasteiger partial charge is 0.295 e. The molecule has 1 fully saturated rings. The van der Waals surface area contributed by atoms with Gasteiger partial charge in [0, 0.05) is 47.9 Å². The van der Waals surface area contributed by atoms with E-state index >= 15 is 0 Å². The zero-order valence-electron chi connectivity index (χ0n) is 20.5. The molecule has 2 N–H and O–H groups in total. The molecule has 3 aromatic rings. The number of Topliss-reactive ketones (excluding diaryl/α,β-unsaturated/α-hetero) is 1. The molecule has 5 rings (SSSR count). The van der Waals surface area contributed by atoms with Crippen molar-refractivity contribution in [1.82, 2.24) is 14.8 Å². The van der Waals surface area contributed by atoms with Crippen molar-refractivity contribution in [2.24, 2.45) is 0 Å². The molecule has 1 aromatic heterocycles. The van der Waals surface area contributed by atoms with Gasteiger partial charge >= 0.3 is 0 Å². The molecule has 35 heavy (non-hydrogen) atoms. The molecule has 8 heteroatoms. The molecule has 3 heterocycles. The van der Waals surface area contributed by atoms with Crippen LogP contribution < -0.4 is 9.64 Å². The lowest BCUT2D eigenvalue weighted by Gasteiger charge is -2.28. The number of amides is 1. The standard InChI is InChI=1S/C27H30N4O4/c1-16-22(18-7-5-6-8-19(18)28-16)24-23(26(33)27(34)31(24)12-11-29(2)3)25(32)17-9-10-21-20(15-17)30(4)13-14-35-21/h5-10,15,24,28,32H,11-14H2,1-4H3/b25-23+. The highest BCUT2D eigenvalue weighted by Gasteiger charge is 2.47. The van der Waals surface area contributed by atoms with Crippen molar-refractivity contribution in [2.45, 2.75) is 13.0 Å². The fourth-order valence-electron chi connectivity index (χ4n) is 5.02. The molecule has 1 unspecified atom stereocenters. The summed E-state index contributed by atoms with van der Waals surface area (Å²) >= 11 is 0. The van der Waals surface area contributed by atoms with Crippen LogP contribution in [0.4, 0.5) is 5.69 Å². The number of fused-ring (bicyclic) bond motifs is 2. The van der Waals surface area contributed by atoms with Crippen molar-refractivity contribution in [3.8, 4) is 5.75 Å². The summed E-state index contributed by atoms with van der Waals surface area (Å²) in [6.45, 7) is 4.20. The van der Waals surface area contributed by atoms with Crippen molar-refractivity contribution >= 4 is 34.0 Å². The number of aliphatic hydroxyl groups is 1. The fourth-order valence-corrected chi connectivity index (χ4v) is 5.02. The number of hydrogen-bond donors (Lipinski definition) is 2. The zero-order valence-corrected chi connectivity index (χ0v) is 20.5. The quantitative estimate of drug-likeness (QED) is 0.335. The van der Waals surface area contributed by atoms with E-state index in [1.165, 1.54) is 0 Å². The Hall–Kier alpha value is -3.78. The van der Waals surface area contributed by atoms with E-state index in [1.807, 2.05) is 68.2 Å². The van der Waals surface area contributed by atoms with Crippen LogP contribution in [0.3, 0.4) is 0 Å². The van der Waals surface area contributed by atoms with Gasteiger partial charge in [-0.15, -0.1) is 0 Å². The van der Waals surface area contributed by atoms with Gasteiger partial charge in [-0.3, -0.25) is 9.59 Å². The second-order valence-corrected chi connectivity index (χ2v) is 9.46. The minimum atomic E-state index is -0.698. The number of anilines is 1. The molecule has 2 aromatic carbocycles. The topological polar surface area (TPSA) is 89.1 Å². The Bertz CT molecular complexity index is 1360. The molecule has 182 valence electrons. The molecule has 2 aliphatic heterocycles. The van der Waals surface area contributed by atoms with Crippen molar-refractivity contribution in [3.63, 3.8) is 0 Å². The van der Waals surface area contributed by atoms with Crippen LogP contribution >= 0.6 is 0 Å². The molecular formula is C27H30N4O4. The summed E-state index contributed by atoms with van der Waals surface area (Å²) in [6, 6.07) is 12.5. The van der Waals surface area contributed by atoms with Gasteiger partial charge in [-0.1, -0.05) is 18.2 Å². The van der Waals surface area contributed by atoms with E-state index in [0.29, 0.717) is 25.3 Å². The van der Waals surface area contributed by atoms with E-state index in [4.69, 9.17) is 4.74 Å². The Morgan fingerprint density at radius 2 is 1.97 bits per heavy atom. The lowest BCUT2D eigenvalue weighted by Crippen LogP contribution is -2.35. The number of likely N-dealkylation sites (N-methyl/N-ethyl adjacent to an activating group) is 2. The summed E-state index contributed by atoms with van der Waals surface area (Å²) in [5, 5.41) is 12.5. The van der Waals surface area contributed by atoms with Crippen molar-refractivity contribution in [3.05, 3.63) is 64.9 Å². The van der Waals surface area contributed by atoms with E-state index < -0.39 is 17.7 Å². The predicted octanol–water partition coefficient (Wildman–Crippen LogP) is 3.29. The first-order valence-corrected chi connectivity index (χ1v) is 11.8. The number of aromatic nitrogens is 1. The van der Waals surface area contributed by atoms with Crippen LogP contribution in [0.1, 0.15) is 22.9 Å². The summed E-state index contributed by atoms with van der Waals surface area (Å²) in [7, 11) is 5.81. The number of nitrogens with zero attached hydrogens (tertiary/aromatic N) is 3. The normalized spacial score (nSPS) is 19.5. The van der Waals surface area contributed by atoms with Crippen LogP contribution in [-0.2, 0) is 9.59 Å². The maximum absolute atomic E-state index is 13.4. The monoisotopic (exact) mass is 474 g/mol. The first kappa shape index (κ1) is 23.0. The summed E-state index contributed by atoms with van der Waals surface area (Å²) < 4.78 is 5.73. The molecule has 2 aliphatic rings. The number of hydrogen-bond acceptors (Lipinski definition) is 6. The van der Waals surface area contributed by atoms with Gasteiger partial charge in [-0.2, -0.15) is 0 Å². The fraction of sp³-hybridized carbons (Fsp3) is 0.333. The zero-order chi connectivity index (χ0) is 24.9. The molecule has 1 atom stereocenters. The number of aryl methyl sites for hydroxylation is 1. The number of aromatic amines is 1. The maximum Gasteiger partial charge on any atom is 0.295 e. The van der Waals surface area contributed by atoms with E-state index in [1.54, 1.807) is 17.0 Å².